The zero-order valence-electron chi connectivity index (χ0n) is 9.47. The smallest absolute Gasteiger partial charge is 0.309 e. The number of nitrogens with zero attached hydrogens (tertiary/aromatic N) is 1. The quantitative estimate of drug-likeness (QED) is 0.641. The highest BCUT2D eigenvalue weighted by Gasteiger charge is 2.50. The van der Waals surface area contributed by atoms with E-state index in [1.807, 2.05) is 0 Å². The number of carboxylic acids is 1. The van der Waals surface area contributed by atoms with E-state index in [-0.39, 0.29) is 5.69 Å². The third-order valence-electron chi connectivity index (χ3n) is 3.45. The van der Waals surface area contributed by atoms with Gasteiger partial charge in [0.25, 0.3) is 5.69 Å². The minimum atomic E-state index is -0.802. The second kappa shape index (κ2) is 3.84. The molecule has 1 aromatic carbocycles. The molecule has 1 aromatic rings. The number of aliphatic carboxylic acids is 1. The minimum absolute atomic E-state index is 0.0590. The summed E-state index contributed by atoms with van der Waals surface area (Å²) < 4.78 is 0. The van der Waals surface area contributed by atoms with Gasteiger partial charge in [-0.1, -0.05) is 12.1 Å². The molecular formula is C12H13NO4. The Morgan fingerprint density at radius 1 is 1.53 bits per heavy atom. The fraction of sp³-hybridized carbons (Fsp3) is 0.417. The molecule has 0 aliphatic heterocycles. The van der Waals surface area contributed by atoms with Crippen LogP contribution in [0, 0.1) is 22.5 Å². The first-order valence-electron chi connectivity index (χ1n) is 5.42. The molecule has 2 rings (SSSR count). The van der Waals surface area contributed by atoms with E-state index in [0.717, 1.165) is 5.56 Å². The average molecular weight is 235 g/mol. The van der Waals surface area contributed by atoms with Gasteiger partial charge in [0, 0.05) is 11.6 Å². The van der Waals surface area contributed by atoms with Gasteiger partial charge < -0.3 is 5.11 Å². The van der Waals surface area contributed by atoms with Crippen molar-refractivity contribution in [3.63, 3.8) is 0 Å². The van der Waals surface area contributed by atoms with Gasteiger partial charge in [0.05, 0.1) is 10.3 Å². The Kier molecular flexibility index (Phi) is 2.61. The van der Waals surface area contributed by atoms with Gasteiger partial charge in [0.2, 0.25) is 0 Å². The van der Waals surface area contributed by atoms with Gasteiger partial charge in [-0.2, -0.15) is 0 Å². The summed E-state index contributed by atoms with van der Waals surface area (Å²) in [6.45, 7) is 1.67. The van der Waals surface area contributed by atoms with Crippen LogP contribution in [0.1, 0.15) is 24.0 Å². The zero-order valence-corrected chi connectivity index (χ0v) is 9.47. The lowest BCUT2D eigenvalue weighted by Gasteiger charge is -2.11. The van der Waals surface area contributed by atoms with Crippen LogP contribution >= 0.6 is 0 Å². The Bertz CT molecular complexity index is 491. The van der Waals surface area contributed by atoms with Gasteiger partial charge in [-0.05, 0) is 31.7 Å². The fourth-order valence-corrected chi connectivity index (χ4v) is 2.04. The molecule has 90 valence electrons. The number of hydrogen-bond acceptors (Lipinski definition) is 3. The molecule has 1 aliphatic carbocycles. The van der Waals surface area contributed by atoms with E-state index in [1.165, 1.54) is 6.07 Å². The summed E-state index contributed by atoms with van der Waals surface area (Å²) >= 11 is 0. The van der Waals surface area contributed by atoms with Gasteiger partial charge in [-0.15, -0.1) is 0 Å². The highest BCUT2D eigenvalue weighted by molar-refractivity contribution is 5.78. The number of carbonyl (C=O) groups is 1. The largest absolute Gasteiger partial charge is 0.481 e. The summed E-state index contributed by atoms with van der Waals surface area (Å²) in [5.74, 6) is -0.802. The van der Waals surface area contributed by atoms with Crippen LogP contribution in [-0.4, -0.2) is 16.0 Å². The summed E-state index contributed by atoms with van der Waals surface area (Å²) in [6, 6.07) is 4.82. The van der Waals surface area contributed by atoms with Gasteiger partial charge >= 0.3 is 5.97 Å². The second-order valence-corrected chi connectivity index (χ2v) is 4.58. The molecule has 5 nitrogen and oxygen atoms in total. The van der Waals surface area contributed by atoms with Crippen molar-refractivity contribution in [2.24, 2.45) is 5.41 Å². The molecule has 0 radical (unpaired) electrons. The van der Waals surface area contributed by atoms with E-state index in [4.69, 9.17) is 5.11 Å². The average Bonchev–Trinajstić information content (AvgIpc) is 3.02. The number of nitro benzene ring substituents is 1. The zero-order chi connectivity index (χ0) is 12.6. The summed E-state index contributed by atoms with van der Waals surface area (Å²) in [6.07, 6.45) is 1.70. The maximum atomic E-state index is 11.1. The van der Waals surface area contributed by atoms with Crippen molar-refractivity contribution in [3.05, 3.63) is 39.4 Å². The molecule has 1 fully saturated rings. The molecule has 1 N–H and O–H groups in total. The summed E-state index contributed by atoms with van der Waals surface area (Å²) in [5.41, 5.74) is 0.716. The van der Waals surface area contributed by atoms with Crippen LogP contribution in [0.5, 0.6) is 0 Å². The van der Waals surface area contributed by atoms with Crippen molar-refractivity contribution in [2.75, 3.05) is 0 Å². The summed E-state index contributed by atoms with van der Waals surface area (Å²) in [7, 11) is 0. The lowest BCUT2D eigenvalue weighted by molar-refractivity contribution is -0.385. The number of hydrogen-bond donors (Lipinski definition) is 1. The fourth-order valence-electron chi connectivity index (χ4n) is 2.04. The SMILES string of the molecule is Cc1c(CC2(C(=O)O)CC2)cccc1[N+](=O)[O-]. The molecule has 0 aromatic heterocycles. The van der Waals surface area contributed by atoms with Crippen molar-refractivity contribution in [1.82, 2.24) is 0 Å². The van der Waals surface area contributed by atoms with Crippen LogP contribution in [0.15, 0.2) is 18.2 Å². The number of rotatable bonds is 4. The Balaban J connectivity index is 2.31. The molecule has 0 heterocycles. The van der Waals surface area contributed by atoms with Gasteiger partial charge in [0.1, 0.15) is 0 Å². The monoisotopic (exact) mass is 235 g/mol. The van der Waals surface area contributed by atoms with Crippen LogP contribution in [0.2, 0.25) is 0 Å². The Hall–Kier alpha value is -1.91. The summed E-state index contributed by atoms with van der Waals surface area (Å²) in [4.78, 5) is 21.4. The Labute approximate surface area is 98.2 Å². The van der Waals surface area contributed by atoms with E-state index in [1.54, 1.807) is 19.1 Å². The molecule has 0 saturated heterocycles. The van der Waals surface area contributed by atoms with Crippen LogP contribution in [0.3, 0.4) is 0 Å². The maximum Gasteiger partial charge on any atom is 0.309 e. The van der Waals surface area contributed by atoms with Crippen molar-refractivity contribution >= 4 is 11.7 Å². The topological polar surface area (TPSA) is 80.4 Å². The van der Waals surface area contributed by atoms with E-state index >= 15 is 0 Å². The van der Waals surface area contributed by atoms with Gasteiger partial charge in [0.15, 0.2) is 0 Å². The van der Waals surface area contributed by atoms with Crippen LogP contribution in [-0.2, 0) is 11.2 Å². The van der Waals surface area contributed by atoms with Gasteiger partial charge in [-0.3, -0.25) is 14.9 Å². The Morgan fingerprint density at radius 2 is 2.18 bits per heavy atom. The first-order chi connectivity index (χ1) is 7.96. The third-order valence-corrected chi connectivity index (χ3v) is 3.45. The normalized spacial score (nSPS) is 16.5. The van der Waals surface area contributed by atoms with Crippen LogP contribution in [0.25, 0.3) is 0 Å². The van der Waals surface area contributed by atoms with Crippen LogP contribution < -0.4 is 0 Å². The summed E-state index contributed by atoms with van der Waals surface area (Å²) in [5, 5.41) is 19.9. The van der Waals surface area contributed by atoms with Crippen LogP contribution in [0.4, 0.5) is 5.69 Å². The van der Waals surface area contributed by atoms with Crippen molar-refractivity contribution in [2.45, 2.75) is 26.2 Å². The highest BCUT2D eigenvalue weighted by atomic mass is 16.6. The molecule has 1 saturated carbocycles. The van der Waals surface area contributed by atoms with Crippen molar-refractivity contribution in [1.29, 1.82) is 0 Å². The van der Waals surface area contributed by atoms with Crippen molar-refractivity contribution < 1.29 is 14.8 Å². The predicted molar refractivity (Wildman–Crippen MR) is 60.8 cm³/mol. The molecular weight excluding hydrogens is 222 g/mol. The van der Waals surface area contributed by atoms with Gasteiger partial charge in [-0.25, -0.2) is 0 Å². The molecule has 0 atom stereocenters. The molecule has 0 bridgehead atoms. The number of nitro groups is 1. The molecule has 17 heavy (non-hydrogen) atoms. The van der Waals surface area contributed by atoms with E-state index in [9.17, 15) is 14.9 Å². The molecule has 0 unspecified atom stereocenters. The molecule has 0 amide bonds. The number of benzene rings is 1. The predicted octanol–water partition coefficient (Wildman–Crippen LogP) is 2.31. The van der Waals surface area contributed by atoms with Crippen molar-refractivity contribution in [3.8, 4) is 0 Å². The maximum absolute atomic E-state index is 11.1. The lowest BCUT2D eigenvalue weighted by Crippen LogP contribution is -2.18. The first kappa shape index (κ1) is 11.6. The number of carboxylic acid groups (broad SMARTS) is 1. The first-order valence-corrected chi connectivity index (χ1v) is 5.42. The standard InChI is InChI=1S/C12H13NO4/c1-8-9(3-2-4-10(8)13(16)17)7-12(5-6-12)11(14)15/h2-4H,5-7H2,1H3,(H,14,15). The molecule has 5 heteroatoms. The van der Waals surface area contributed by atoms with E-state index < -0.39 is 16.3 Å². The second-order valence-electron chi connectivity index (χ2n) is 4.58. The minimum Gasteiger partial charge on any atom is -0.481 e. The molecule has 0 spiro atoms. The lowest BCUT2D eigenvalue weighted by atomic mass is 9.93. The molecule has 1 aliphatic rings. The Morgan fingerprint density at radius 3 is 2.65 bits per heavy atom. The highest BCUT2D eigenvalue weighted by Crippen LogP contribution is 2.49. The third kappa shape index (κ3) is 2.00. The van der Waals surface area contributed by atoms with E-state index in [2.05, 4.69) is 0 Å². The van der Waals surface area contributed by atoms with E-state index in [0.29, 0.717) is 24.8 Å².